The molecule has 0 spiro atoms. The molecule has 1 aromatic rings. The summed E-state index contributed by atoms with van der Waals surface area (Å²) in [7, 11) is 0. The maximum atomic E-state index is 12.6. The Kier molecular flexibility index (Phi) is 4.12. The summed E-state index contributed by atoms with van der Waals surface area (Å²) in [5.41, 5.74) is -2.92. The summed E-state index contributed by atoms with van der Waals surface area (Å²) >= 11 is 7.80. The third-order valence-electron chi connectivity index (χ3n) is 1.80. The molecule has 0 atom stereocenters. The van der Waals surface area contributed by atoms with Gasteiger partial charge in [0.15, 0.2) is 0 Å². The molecule has 0 aromatic carbocycles. The van der Waals surface area contributed by atoms with Crippen molar-refractivity contribution >= 4 is 27.5 Å². The normalized spacial score (nSPS) is 12.2. The van der Waals surface area contributed by atoms with Gasteiger partial charge in [-0.05, 0) is 21.5 Å². The highest BCUT2D eigenvalue weighted by Gasteiger charge is 2.39. The zero-order chi connectivity index (χ0) is 12.5. The van der Waals surface area contributed by atoms with Crippen LogP contribution in [-0.2, 0) is 12.1 Å². The van der Waals surface area contributed by atoms with Gasteiger partial charge in [0.05, 0.1) is 5.56 Å². The molecule has 1 aromatic heterocycles. The first-order valence-electron chi connectivity index (χ1n) is 3.87. The minimum atomic E-state index is -4.90. The third kappa shape index (κ3) is 2.63. The van der Waals surface area contributed by atoms with Crippen molar-refractivity contribution in [2.45, 2.75) is 18.5 Å². The summed E-state index contributed by atoms with van der Waals surface area (Å²) in [5.74, 6) is -0.455. The third-order valence-corrected chi connectivity index (χ3v) is 2.69. The number of nitrogens with zero attached hydrogens (tertiary/aromatic N) is 1. The van der Waals surface area contributed by atoms with Gasteiger partial charge in [-0.25, -0.2) is 13.8 Å². The molecule has 0 amide bonds. The van der Waals surface area contributed by atoms with Gasteiger partial charge in [-0.2, -0.15) is 13.2 Å². The summed E-state index contributed by atoms with van der Waals surface area (Å²) in [6, 6.07) is 0. The van der Waals surface area contributed by atoms with Crippen LogP contribution in [0.3, 0.4) is 0 Å². The van der Waals surface area contributed by atoms with Crippen molar-refractivity contribution in [3.05, 3.63) is 27.5 Å². The van der Waals surface area contributed by atoms with Gasteiger partial charge in [-0.15, -0.1) is 11.6 Å². The van der Waals surface area contributed by atoms with E-state index in [1.807, 2.05) is 0 Å². The summed E-state index contributed by atoms with van der Waals surface area (Å²) < 4.78 is 62.1. The monoisotopic (exact) mass is 323 g/mol. The van der Waals surface area contributed by atoms with Crippen LogP contribution >= 0.6 is 27.5 Å². The van der Waals surface area contributed by atoms with Crippen LogP contribution in [0, 0.1) is 0 Å². The molecule has 8 heteroatoms. The molecule has 0 saturated heterocycles. The summed E-state index contributed by atoms with van der Waals surface area (Å²) in [5, 5.41) is 0. The Bertz CT molecular complexity index is 393. The molecule has 0 aliphatic heterocycles. The van der Waals surface area contributed by atoms with Crippen LogP contribution in [0.4, 0.5) is 22.0 Å². The van der Waals surface area contributed by atoms with E-state index in [0.717, 1.165) is 6.20 Å². The number of halogens is 7. The van der Waals surface area contributed by atoms with Crippen molar-refractivity contribution in [2.24, 2.45) is 0 Å². The predicted molar refractivity (Wildman–Crippen MR) is 51.5 cm³/mol. The molecule has 0 aliphatic carbocycles. The van der Waals surface area contributed by atoms with Crippen LogP contribution in [0.5, 0.6) is 0 Å². The first-order valence-corrected chi connectivity index (χ1v) is 5.20. The van der Waals surface area contributed by atoms with E-state index in [4.69, 9.17) is 11.6 Å². The Balaban J connectivity index is 3.55. The van der Waals surface area contributed by atoms with Crippen LogP contribution in [0.2, 0.25) is 0 Å². The molecular weight excluding hydrogens is 320 g/mol. The molecule has 0 aliphatic rings. The molecule has 16 heavy (non-hydrogen) atoms. The lowest BCUT2D eigenvalue weighted by molar-refractivity contribution is -0.140. The summed E-state index contributed by atoms with van der Waals surface area (Å²) in [6.07, 6.45) is -7.27. The average Bonchev–Trinajstić information content (AvgIpc) is 2.15. The predicted octanol–water partition coefficient (Wildman–Crippen LogP) is 4.54. The second-order valence-electron chi connectivity index (χ2n) is 2.80. The van der Waals surface area contributed by atoms with Gasteiger partial charge in [-0.1, -0.05) is 0 Å². The van der Waals surface area contributed by atoms with Gasteiger partial charge in [0, 0.05) is 17.6 Å². The van der Waals surface area contributed by atoms with Crippen LogP contribution in [0.25, 0.3) is 0 Å². The zero-order valence-corrected chi connectivity index (χ0v) is 9.80. The average molecular weight is 324 g/mol. The van der Waals surface area contributed by atoms with E-state index in [0.29, 0.717) is 0 Å². The lowest BCUT2D eigenvalue weighted by atomic mass is 10.1. The lowest BCUT2D eigenvalue weighted by Gasteiger charge is -2.16. The van der Waals surface area contributed by atoms with Crippen LogP contribution in [0.1, 0.15) is 23.1 Å². The van der Waals surface area contributed by atoms with E-state index >= 15 is 0 Å². The fraction of sp³-hybridized carbons (Fsp3) is 0.375. The fourth-order valence-electron chi connectivity index (χ4n) is 1.17. The van der Waals surface area contributed by atoms with Gasteiger partial charge >= 0.3 is 6.18 Å². The van der Waals surface area contributed by atoms with Crippen molar-refractivity contribution < 1.29 is 22.0 Å². The Morgan fingerprint density at radius 1 is 1.38 bits per heavy atom. The topological polar surface area (TPSA) is 12.9 Å². The van der Waals surface area contributed by atoms with Gasteiger partial charge in [0.25, 0.3) is 6.43 Å². The first-order chi connectivity index (χ1) is 7.29. The summed E-state index contributed by atoms with van der Waals surface area (Å²) in [4.78, 5) is 3.34. The Labute approximate surface area is 101 Å². The smallest absolute Gasteiger partial charge is 0.248 e. The largest absolute Gasteiger partial charge is 0.419 e. The maximum Gasteiger partial charge on any atom is 0.419 e. The standard InChI is InChI=1S/C8H4BrClF5N/c9-6-5(8(13,14)15)4(7(11)12)3(1-10)2-16-6/h2,7H,1H2. The molecule has 0 unspecified atom stereocenters. The fourth-order valence-corrected chi connectivity index (χ4v) is 1.92. The molecule has 0 saturated carbocycles. The van der Waals surface area contributed by atoms with Gasteiger partial charge in [0.2, 0.25) is 0 Å². The van der Waals surface area contributed by atoms with Crippen molar-refractivity contribution in [3.8, 4) is 0 Å². The molecule has 1 nitrogen and oxygen atoms in total. The number of hydrogen-bond donors (Lipinski definition) is 0. The van der Waals surface area contributed by atoms with Crippen LogP contribution < -0.4 is 0 Å². The van der Waals surface area contributed by atoms with E-state index in [1.165, 1.54) is 0 Å². The van der Waals surface area contributed by atoms with Gasteiger partial charge in [-0.3, -0.25) is 0 Å². The van der Waals surface area contributed by atoms with Crippen LogP contribution in [0.15, 0.2) is 10.8 Å². The van der Waals surface area contributed by atoms with Gasteiger partial charge < -0.3 is 0 Å². The Hall–Kier alpha value is -0.430. The molecule has 90 valence electrons. The maximum absolute atomic E-state index is 12.6. The lowest BCUT2D eigenvalue weighted by Crippen LogP contribution is -2.14. The number of rotatable bonds is 2. The second kappa shape index (κ2) is 4.83. The number of aromatic nitrogens is 1. The molecule has 1 heterocycles. The molecule has 0 N–H and O–H groups in total. The summed E-state index contributed by atoms with van der Waals surface area (Å²) in [6.45, 7) is 0. The quantitative estimate of drug-likeness (QED) is 0.442. The van der Waals surface area contributed by atoms with Crippen molar-refractivity contribution in [1.82, 2.24) is 4.98 Å². The zero-order valence-electron chi connectivity index (χ0n) is 7.45. The van der Waals surface area contributed by atoms with Crippen molar-refractivity contribution in [1.29, 1.82) is 0 Å². The molecular formula is C8H4BrClF5N. The molecule has 0 fully saturated rings. The minimum absolute atomic E-state index is 0.327. The number of alkyl halides is 6. The van der Waals surface area contributed by atoms with Crippen molar-refractivity contribution in [2.75, 3.05) is 0 Å². The highest BCUT2D eigenvalue weighted by Crippen LogP contribution is 2.41. The minimum Gasteiger partial charge on any atom is -0.248 e. The first kappa shape index (κ1) is 13.6. The van der Waals surface area contributed by atoms with E-state index < -0.39 is 34.2 Å². The SMILES string of the molecule is FC(F)c1c(CCl)cnc(Br)c1C(F)(F)F. The molecule has 0 radical (unpaired) electrons. The van der Waals surface area contributed by atoms with Crippen LogP contribution in [-0.4, -0.2) is 4.98 Å². The molecule has 1 rings (SSSR count). The number of pyridine rings is 1. The Morgan fingerprint density at radius 2 is 1.94 bits per heavy atom. The van der Waals surface area contributed by atoms with E-state index in [1.54, 1.807) is 0 Å². The highest BCUT2D eigenvalue weighted by atomic mass is 79.9. The highest BCUT2D eigenvalue weighted by molar-refractivity contribution is 9.10. The Morgan fingerprint density at radius 3 is 2.31 bits per heavy atom. The number of hydrogen-bond acceptors (Lipinski definition) is 1. The van der Waals surface area contributed by atoms with E-state index in [2.05, 4.69) is 20.9 Å². The second-order valence-corrected chi connectivity index (χ2v) is 3.81. The van der Waals surface area contributed by atoms with Gasteiger partial charge in [0.1, 0.15) is 4.60 Å². The van der Waals surface area contributed by atoms with E-state index in [-0.39, 0.29) is 5.56 Å². The van der Waals surface area contributed by atoms with Crippen molar-refractivity contribution in [3.63, 3.8) is 0 Å². The molecule has 0 bridgehead atoms. The van der Waals surface area contributed by atoms with E-state index in [9.17, 15) is 22.0 Å².